The summed E-state index contributed by atoms with van der Waals surface area (Å²) in [6.45, 7) is 2.02. The third-order valence-electron chi connectivity index (χ3n) is 6.37. The summed E-state index contributed by atoms with van der Waals surface area (Å²) >= 11 is 0. The first-order chi connectivity index (χ1) is 16.3. The van der Waals surface area contributed by atoms with Crippen molar-refractivity contribution in [3.05, 3.63) is 63.1 Å². The van der Waals surface area contributed by atoms with E-state index in [1.807, 2.05) is 4.90 Å². The quantitative estimate of drug-likeness (QED) is 0.593. The SMILES string of the molecule is COC(=O)c1c(OC[C@H]2CC(=O)N(C)C2)cc(=O)n2c1CCN(Cc1cc(F)ccc1F)CC2. The zero-order chi connectivity index (χ0) is 24.4. The number of hydrogen-bond acceptors (Lipinski definition) is 6. The first-order valence-electron chi connectivity index (χ1n) is 11.1. The van der Waals surface area contributed by atoms with E-state index in [-0.39, 0.29) is 54.0 Å². The normalized spacial score (nSPS) is 18.5. The van der Waals surface area contributed by atoms with Crippen molar-refractivity contribution in [3.8, 4) is 5.75 Å². The van der Waals surface area contributed by atoms with Gasteiger partial charge in [-0.2, -0.15) is 0 Å². The van der Waals surface area contributed by atoms with Gasteiger partial charge in [-0.05, 0) is 18.2 Å². The molecule has 1 fully saturated rings. The lowest BCUT2D eigenvalue weighted by molar-refractivity contribution is -0.126. The van der Waals surface area contributed by atoms with Crippen molar-refractivity contribution < 1.29 is 27.8 Å². The zero-order valence-corrected chi connectivity index (χ0v) is 19.2. The van der Waals surface area contributed by atoms with E-state index in [1.165, 1.54) is 17.7 Å². The van der Waals surface area contributed by atoms with Crippen molar-refractivity contribution in [1.82, 2.24) is 14.4 Å². The van der Waals surface area contributed by atoms with E-state index in [4.69, 9.17) is 9.47 Å². The molecule has 34 heavy (non-hydrogen) atoms. The molecule has 1 saturated heterocycles. The highest BCUT2D eigenvalue weighted by Crippen LogP contribution is 2.26. The van der Waals surface area contributed by atoms with Gasteiger partial charge in [-0.15, -0.1) is 0 Å². The summed E-state index contributed by atoms with van der Waals surface area (Å²) < 4.78 is 40.1. The van der Waals surface area contributed by atoms with Crippen LogP contribution in [0.3, 0.4) is 0 Å². The van der Waals surface area contributed by atoms with Gasteiger partial charge in [0.25, 0.3) is 5.56 Å². The lowest BCUT2D eigenvalue weighted by Crippen LogP contribution is -2.29. The fourth-order valence-corrected chi connectivity index (χ4v) is 4.57. The third kappa shape index (κ3) is 4.96. The van der Waals surface area contributed by atoms with Gasteiger partial charge in [0.2, 0.25) is 5.91 Å². The molecule has 2 aromatic rings. The number of rotatable bonds is 6. The average molecular weight is 475 g/mol. The van der Waals surface area contributed by atoms with Crippen molar-refractivity contribution in [2.45, 2.75) is 25.9 Å². The van der Waals surface area contributed by atoms with E-state index in [0.717, 1.165) is 18.2 Å². The number of fused-ring (bicyclic) bond motifs is 1. The molecule has 4 rings (SSSR count). The van der Waals surface area contributed by atoms with Gasteiger partial charge in [0, 0.05) is 75.9 Å². The molecule has 0 bridgehead atoms. The minimum absolute atomic E-state index is 0.0265. The maximum atomic E-state index is 14.1. The highest BCUT2D eigenvalue weighted by molar-refractivity contribution is 5.93. The largest absolute Gasteiger partial charge is 0.492 e. The number of ether oxygens (including phenoxy) is 2. The van der Waals surface area contributed by atoms with Crippen LogP contribution in [0, 0.1) is 17.6 Å². The molecule has 0 saturated carbocycles. The topological polar surface area (TPSA) is 81.1 Å². The molecule has 1 aromatic heterocycles. The van der Waals surface area contributed by atoms with E-state index in [1.54, 1.807) is 11.9 Å². The van der Waals surface area contributed by atoms with Crippen LogP contribution in [0.4, 0.5) is 8.78 Å². The molecular weight excluding hydrogens is 448 g/mol. The molecule has 0 aliphatic carbocycles. The molecular formula is C24H27F2N3O5. The molecule has 1 aromatic carbocycles. The molecule has 2 aliphatic heterocycles. The molecule has 0 N–H and O–H groups in total. The van der Waals surface area contributed by atoms with E-state index in [2.05, 4.69) is 0 Å². The fourth-order valence-electron chi connectivity index (χ4n) is 4.57. The van der Waals surface area contributed by atoms with Crippen LogP contribution in [0.2, 0.25) is 0 Å². The summed E-state index contributed by atoms with van der Waals surface area (Å²) in [7, 11) is 2.98. The summed E-state index contributed by atoms with van der Waals surface area (Å²) in [6, 6.07) is 4.60. The molecule has 0 spiro atoms. The number of carbonyl (C=O) groups excluding carboxylic acids is 2. The van der Waals surface area contributed by atoms with Gasteiger partial charge in [-0.3, -0.25) is 14.5 Å². The van der Waals surface area contributed by atoms with Gasteiger partial charge in [0.1, 0.15) is 22.9 Å². The highest BCUT2D eigenvalue weighted by Gasteiger charge is 2.30. The Morgan fingerprint density at radius 3 is 2.65 bits per heavy atom. The van der Waals surface area contributed by atoms with Crippen LogP contribution in [0.15, 0.2) is 29.1 Å². The van der Waals surface area contributed by atoms with Gasteiger partial charge in [0.05, 0.1) is 13.7 Å². The van der Waals surface area contributed by atoms with Gasteiger partial charge in [0.15, 0.2) is 0 Å². The van der Waals surface area contributed by atoms with E-state index in [0.29, 0.717) is 38.2 Å². The molecule has 0 radical (unpaired) electrons. The number of pyridine rings is 1. The lowest BCUT2D eigenvalue weighted by Gasteiger charge is -2.19. The molecule has 0 unspecified atom stereocenters. The summed E-state index contributed by atoms with van der Waals surface area (Å²) in [5.41, 5.74) is 0.567. The third-order valence-corrected chi connectivity index (χ3v) is 6.37. The molecule has 182 valence electrons. The Hall–Kier alpha value is -3.27. The number of nitrogens with zero attached hydrogens (tertiary/aromatic N) is 3. The first kappa shape index (κ1) is 23.9. The van der Waals surface area contributed by atoms with Crippen molar-refractivity contribution in [2.75, 3.05) is 40.4 Å². The number of aromatic nitrogens is 1. The standard InChI is InChI=1S/C24H27F2N3O5/c1-27-12-15(9-21(27)30)14-34-20-11-22(31)29-8-7-28(6-5-19(29)23(20)24(32)33-2)13-16-10-17(25)3-4-18(16)26/h3-4,10-11,15H,5-9,12-14H2,1-2H3/t15-/m0/s1. The second kappa shape index (κ2) is 9.92. The van der Waals surface area contributed by atoms with E-state index >= 15 is 0 Å². The number of esters is 1. The molecule has 10 heteroatoms. The van der Waals surface area contributed by atoms with Crippen LogP contribution >= 0.6 is 0 Å². The summed E-state index contributed by atoms with van der Waals surface area (Å²) in [6.07, 6.45) is 0.665. The molecule has 2 aliphatic rings. The predicted molar refractivity (Wildman–Crippen MR) is 119 cm³/mol. The van der Waals surface area contributed by atoms with E-state index in [9.17, 15) is 23.2 Å². The number of amides is 1. The highest BCUT2D eigenvalue weighted by atomic mass is 19.1. The van der Waals surface area contributed by atoms with Crippen LogP contribution in [-0.2, 0) is 29.0 Å². The number of hydrogen-bond donors (Lipinski definition) is 0. The summed E-state index contributed by atoms with van der Waals surface area (Å²) in [5.74, 6) is -1.52. The van der Waals surface area contributed by atoms with Crippen molar-refractivity contribution >= 4 is 11.9 Å². The predicted octanol–water partition coefficient (Wildman–Crippen LogP) is 1.83. The van der Waals surface area contributed by atoms with Gasteiger partial charge < -0.3 is 18.9 Å². The summed E-state index contributed by atoms with van der Waals surface area (Å²) in [5, 5.41) is 0. The first-order valence-corrected chi connectivity index (χ1v) is 11.1. The van der Waals surface area contributed by atoms with Gasteiger partial charge in [-0.25, -0.2) is 13.6 Å². The number of likely N-dealkylation sites (tertiary alicyclic amines) is 1. The van der Waals surface area contributed by atoms with Gasteiger partial charge >= 0.3 is 5.97 Å². The summed E-state index contributed by atoms with van der Waals surface area (Å²) in [4.78, 5) is 40.9. The van der Waals surface area contributed by atoms with Crippen LogP contribution in [0.5, 0.6) is 5.75 Å². The Morgan fingerprint density at radius 1 is 1.15 bits per heavy atom. The Bertz CT molecular complexity index is 1170. The van der Waals surface area contributed by atoms with E-state index < -0.39 is 17.6 Å². The molecule has 8 nitrogen and oxygen atoms in total. The number of carbonyl (C=O) groups is 2. The maximum absolute atomic E-state index is 14.1. The number of halogens is 2. The second-order valence-corrected chi connectivity index (χ2v) is 8.73. The Labute approximate surface area is 195 Å². The molecule has 3 heterocycles. The maximum Gasteiger partial charge on any atom is 0.343 e. The Morgan fingerprint density at radius 2 is 1.94 bits per heavy atom. The van der Waals surface area contributed by atoms with Crippen molar-refractivity contribution in [1.29, 1.82) is 0 Å². The van der Waals surface area contributed by atoms with Crippen LogP contribution < -0.4 is 10.3 Å². The van der Waals surface area contributed by atoms with Crippen molar-refractivity contribution in [3.63, 3.8) is 0 Å². The average Bonchev–Trinajstić information content (AvgIpc) is 2.99. The zero-order valence-electron chi connectivity index (χ0n) is 19.2. The Balaban J connectivity index is 1.57. The lowest BCUT2D eigenvalue weighted by atomic mass is 10.1. The monoisotopic (exact) mass is 475 g/mol. The molecule has 1 atom stereocenters. The minimum atomic E-state index is -0.622. The molecule has 1 amide bonds. The van der Waals surface area contributed by atoms with Crippen LogP contribution in [0.1, 0.15) is 28.0 Å². The fraction of sp³-hybridized carbons (Fsp3) is 0.458. The minimum Gasteiger partial charge on any atom is -0.492 e. The number of benzene rings is 1. The second-order valence-electron chi connectivity index (χ2n) is 8.73. The Kier molecular flexibility index (Phi) is 6.97. The van der Waals surface area contributed by atoms with Gasteiger partial charge in [-0.1, -0.05) is 0 Å². The number of methoxy groups -OCH3 is 1. The smallest absolute Gasteiger partial charge is 0.343 e. The van der Waals surface area contributed by atoms with Crippen molar-refractivity contribution in [2.24, 2.45) is 5.92 Å². The van der Waals surface area contributed by atoms with Crippen LogP contribution in [-0.4, -0.2) is 66.6 Å². The van der Waals surface area contributed by atoms with Crippen LogP contribution in [0.25, 0.3) is 0 Å².